The molecule has 140 valence electrons. The first kappa shape index (κ1) is 19.6. The fourth-order valence-electron chi connectivity index (χ4n) is 3.41. The van der Waals surface area contributed by atoms with Crippen LogP contribution in [0.15, 0.2) is 18.2 Å². The quantitative estimate of drug-likeness (QED) is 0.888. The van der Waals surface area contributed by atoms with Crippen LogP contribution in [0.1, 0.15) is 52.0 Å². The summed E-state index contributed by atoms with van der Waals surface area (Å²) in [6.45, 7) is 12.1. The maximum atomic E-state index is 11.6. The molecule has 1 fully saturated rings. The van der Waals surface area contributed by atoms with E-state index in [1.807, 2.05) is 19.9 Å². The lowest BCUT2D eigenvalue weighted by molar-refractivity contribution is -0.119. The lowest BCUT2D eigenvalue weighted by Gasteiger charge is -2.30. The molecule has 0 aromatic heterocycles. The molecule has 0 spiro atoms. The van der Waals surface area contributed by atoms with Crippen molar-refractivity contribution < 1.29 is 14.3 Å². The number of ether oxygens (including phenoxy) is 2. The molecule has 2 heterocycles. The zero-order valence-corrected chi connectivity index (χ0v) is 16.0. The van der Waals surface area contributed by atoms with Crippen LogP contribution in [0.25, 0.3) is 0 Å². The van der Waals surface area contributed by atoms with E-state index in [-0.39, 0.29) is 17.9 Å². The molecule has 2 unspecified atom stereocenters. The Kier molecular flexibility index (Phi) is 7.56. The van der Waals surface area contributed by atoms with Crippen molar-refractivity contribution >= 4 is 5.91 Å². The van der Waals surface area contributed by atoms with E-state index >= 15 is 0 Å². The number of nitrogens with zero attached hydrogens (tertiary/aromatic N) is 1. The maximum Gasteiger partial charge on any atom is 0.217 e. The van der Waals surface area contributed by atoms with Gasteiger partial charge in [0, 0.05) is 25.4 Å². The summed E-state index contributed by atoms with van der Waals surface area (Å²) in [7, 11) is 0. The second-order valence-corrected chi connectivity index (χ2v) is 6.51. The van der Waals surface area contributed by atoms with Crippen molar-refractivity contribution in [2.45, 2.75) is 52.5 Å². The Morgan fingerprint density at radius 3 is 2.44 bits per heavy atom. The Bertz CT molecular complexity index is 556. The predicted octanol–water partition coefficient (Wildman–Crippen LogP) is 3.19. The van der Waals surface area contributed by atoms with Crippen molar-refractivity contribution in [2.75, 3.05) is 32.8 Å². The van der Waals surface area contributed by atoms with Crippen molar-refractivity contribution in [3.8, 4) is 11.5 Å². The first-order valence-electron chi connectivity index (χ1n) is 9.52. The molecule has 1 aromatic carbocycles. The summed E-state index contributed by atoms with van der Waals surface area (Å²) >= 11 is 0. The molecule has 2 aliphatic rings. The number of rotatable bonds is 5. The van der Waals surface area contributed by atoms with E-state index in [0.717, 1.165) is 31.1 Å². The third-order valence-electron chi connectivity index (χ3n) is 4.74. The molecule has 1 saturated heterocycles. The lowest BCUT2D eigenvalue weighted by Crippen LogP contribution is -2.45. The number of fused-ring (bicyclic) bond motifs is 1. The van der Waals surface area contributed by atoms with Gasteiger partial charge in [-0.15, -0.1) is 0 Å². The second-order valence-electron chi connectivity index (χ2n) is 6.51. The lowest BCUT2D eigenvalue weighted by atomic mass is 9.92. The van der Waals surface area contributed by atoms with Crippen molar-refractivity contribution in [1.82, 2.24) is 10.2 Å². The minimum Gasteiger partial charge on any atom is -0.486 e. The van der Waals surface area contributed by atoms with E-state index in [0.29, 0.717) is 13.2 Å². The van der Waals surface area contributed by atoms with Gasteiger partial charge in [0.15, 0.2) is 11.5 Å². The SMILES string of the molecule is CC.CC(=O)NC(CN1CCCC1)C(C)c1ccc2c(c1)OCCO2. The summed E-state index contributed by atoms with van der Waals surface area (Å²) in [5, 5.41) is 3.13. The van der Waals surface area contributed by atoms with Crippen LogP contribution in [0.2, 0.25) is 0 Å². The Balaban J connectivity index is 0.00000109. The van der Waals surface area contributed by atoms with Crippen LogP contribution >= 0.6 is 0 Å². The highest BCUT2D eigenvalue weighted by molar-refractivity contribution is 5.73. The van der Waals surface area contributed by atoms with Crippen LogP contribution in [-0.4, -0.2) is 49.7 Å². The highest BCUT2D eigenvalue weighted by Crippen LogP contribution is 2.34. The summed E-state index contributed by atoms with van der Waals surface area (Å²) in [5.74, 6) is 1.86. The van der Waals surface area contributed by atoms with E-state index in [9.17, 15) is 4.79 Å². The average molecular weight is 348 g/mol. The Morgan fingerprint density at radius 2 is 1.80 bits per heavy atom. The van der Waals surface area contributed by atoms with E-state index in [1.54, 1.807) is 6.92 Å². The van der Waals surface area contributed by atoms with Gasteiger partial charge in [0.2, 0.25) is 5.91 Å². The molecule has 1 N–H and O–H groups in total. The minimum absolute atomic E-state index is 0.0265. The van der Waals surface area contributed by atoms with Crippen LogP contribution in [0, 0.1) is 0 Å². The molecule has 25 heavy (non-hydrogen) atoms. The smallest absolute Gasteiger partial charge is 0.217 e. The molecule has 5 heteroatoms. The standard InChI is InChI=1S/C18H26N2O3.C2H6/c1-13(15-5-6-17-18(11-15)23-10-9-22-17)16(19-14(2)21)12-20-7-3-4-8-20;1-2/h5-6,11,13,16H,3-4,7-10,12H2,1-2H3,(H,19,21);1-2H3. The molecule has 1 amide bonds. The van der Waals surface area contributed by atoms with Crippen molar-refractivity contribution in [2.24, 2.45) is 0 Å². The van der Waals surface area contributed by atoms with Gasteiger partial charge < -0.3 is 19.7 Å². The third kappa shape index (κ3) is 5.36. The van der Waals surface area contributed by atoms with Crippen LogP contribution in [-0.2, 0) is 4.79 Å². The summed E-state index contributed by atoms with van der Waals surface area (Å²) in [4.78, 5) is 14.1. The minimum atomic E-state index is 0.0265. The molecule has 0 bridgehead atoms. The van der Waals surface area contributed by atoms with Gasteiger partial charge in [-0.25, -0.2) is 0 Å². The fraction of sp³-hybridized carbons (Fsp3) is 0.650. The molecular weight excluding hydrogens is 316 g/mol. The average Bonchev–Trinajstić information content (AvgIpc) is 3.14. The van der Waals surface area contributed by atoms with Crippen LogP contribution in [0.5, 0.6) is 11.5 Å². The Labute approximate surface area is 151 Å². The number of benzene rings is 1. The van der Waals surface area contributed by atoms with E-state index in [4.69, 9.17) is 9.47 Å². The van der Waals surface area contributed by atoms with Crippen molar-refractivity contribution in [3.05, 3.63) is 23.8 Å². The third-order valence-corrected chi connectivity index (χ3v) is 4.74. The number of nitrogens with one attached hydrogen (secondary N) is 1. The van der Waals surface area contributed by atoms with Gasteiger partial charge in [-0.2, -0.15) is 0 Å². The maximum absolute atomic E-state index is 11.6. The molecule has 0 saturated carbocycles. The highest BCUT2D eigenvalue weighted by atomic mass is 16.6. The van der Waals surface area contributed by atoms with Crippen LogP contribution in [0.4, 0.5) is 0 Å². The Morgan fingerprint density at radius 1 is 1.16 bits per heavy atom. The van der Waals surface area contributed by atoms with Gasteiger partial charge in [-0.05, 0) is 43.6 Å². The van der Waals surface area contributed by atoms with Gasteiger partial charge in [-0.1, -0.05) is 26.8 Å². The summed E-state index contributed by atoms with van der Waals surface area (Å²) < 4.78 is 11.3. The van der Waals surface area contributed by atoms with Crippen molar-refractivity contribution in [1.29, 1.82) is 0 Å². The zero-order valence-electron chi connectivity index (χ0n) is 16.0. The highest BCUT2D eigenvalue weighted by Gasteiger charge is 2.25. The first-order chi connectivity index (χ1) is 12.1. The number of carbonyl (C=O) groups is 1. The van der Waals surface area contributed by atoms with Gasteiger partial charge in [0.05, 0.1) is 0 Å². The molecule has 3 rings (SSSR count). The monoisotopic (exact) mass is 348 g/mol. The topological polar surface area (TPSA) is 50.8 Å². The van der Waals surface area contributed by atoms with E-state index < -0.39 is 0 Å². The normalized spacial score (nSPS) is 18.7. The fourth-order valence-corrected chi connectivity index (χ4v) is 3.41. The molecule has 1 aromatic rings. The number of hydrogen-bond donors (Lipinski definition) is 1. The van der Waals surface area contributed by atoms with Crippen LogP contribution in [0.3, 0.4) is 0 Å². The molecule has 2 aliphatic heterocycles. The van der Waals surface area contributed by atoms with Gasteiger partial charge in [0.25, 0.3) is 0 Å². The number of amides is 1. The van der Waals surface area contributed by atoms with E-state index in [2.05, 4.69) is 29.3 Å². The van der Waals surface area contributed by atoms with Gasteiger partial charge in [0.1, 0.15) is 13.2 Å². The van der Waals surface area contributed by atoms with Crippen molar-refractivity contribution in [3.63, 3.8) is 0 Å². The number of carbonyl (C=O) groups excluding carboxylic acids is 1. The molecule has 0 aliphatic carbocycles. The first-order valence-corrected chi connectivity index (χ1v) is 9.52. The molecular formula is C20H32N2O3. The molecule has 2 atom stereocenters. The van der Waals surface area contributed by atoms with E-state index in [1.165, 1.54) is 18.4 Å². The van der Waals surface area contributed by atoms with Crippen LogP contribution < -0.4 is 14.8 Å². The summed E-state index contributed by atoms with van der Waals surface area (Å²) in [6.07, 6.45) is 2.51. The second kappa shape index (κ2) is 9.66. The van der Waals surface area contributed by atoms with Gasteiger partial charge in [-0.3, -0.25) is 4.79 Å². The summed E-state index contributed by atoms with van der Waals surface area (Å²) in [5.41, 5.74) is 1.17. The molecule has 5 nitrogen and oxygen atoms in total. The number of hydrogen-bond acceptors (Lipinski definition) is 4. The number of likely N-dealkylation sites (tertiary alicyclic amines) is 1. The largest absolute Gasteiger partial charge is 0.486 e. The summed E-state index contributed by atoms with van der Waals surface area (Å²) in [6, 6.07) is 6.21. The zero-order chi connectivity index (χ0) is 18.2. The van der Waals surface area contributed by atoms with Gasteiger partial charge >= 0.3 is 0 Å². The predicted molar refractivity (Wildman–Crippen MR) is 100 cm³/mol. The molecule has 0 radical (unpaired) electrons. The Hall–Kier alpha value is -1.75.